The lowest BCUT2D eigenvalue weighted by atomic mass is 10.2. The third kappa shape index (κ3) is 4.13. The van der Waals surface area contributed by atoms with Crippen molar-refractivity contribution in [3.8, 4) is 5.69 Å². The van der Waals surface area contributed by atoms with Crippen molar-refractivity contribution in [2.24, 2.45) is 5.73 Å². The van der Waals surface area contributed by atoms with Gasteiger partial charge in [-0.15, -0.1) is 5.10 Å². The molecule has 2 rings (SSSR count). The number of carbonyl (C=O) groups excluding carboxylic acids is 1. The second-order valence-electron chi connectivity index (χ2n) is 4.44. The van der Waals surface area contributed by atoms with E-state index < -0.39 is 0 Å². The van der Waals surface area contributed by atoms with E-state index in [9.17, 15) is 4.79 Å². The predicted octanol–water partition coefficient (Wildman–Crippen LogP) is 0.408. The van der Waals surface area contributed by atoms with Gasteiger partial charge in [0.05, 0.1) is 12.2 Å². The Hall–Kier alpha value is -2.28. The molecule has 3 N–H and O–H groups in total. The SMILES string of the molecule is NC(=O)CCCCNCc1nnnn1-c1ccccc1. The van der Waals surface area contributed by atoms with Gasteiger partial charge in [-0.25, -0.2) is 0 Å². The van der Waals surface area contributed by atoms with Crippen molar-refractivity contribution >= 4 is 5.91 Å². The number of benzene rings is 1. The standard InChI is InChI=1S/C13H18N6O/c14-12(20)8-4-5-9-15-10-13-16-17-18-19(13)11-6-2-1-3-7-11/h1-3,6-7,15H,4-5,8-10H2,(H2,14,20). The molecule has 7 heteroatoms. The van der Waals surface area contributed by atoms with E-state index in [1.165, 1.54) is 0 Å². The molecule has 0 aliphatic heterocycles. The molecule has 0 fully saturated rings. The minimum Gasteiger partial charge on any atom is -0.370 e. The number of rotatable bonds is 8. The van der Waals surface area contributed by atoms with Crippen LogP contribution in [0, 0.1) is 0 Å². The quantitative estimate of drug-likeness (QED) is 0.679. The second kappa shape index (κ2) is 7.34. The number of hydrogen-bond acceptors (Lipinski definition) is 5. The van der Waals surface area contributed by atoms with E-state index in [1.54, 1.807) is 4.68 Å². The Labute approximate surface area is 117 Å². The van der Waals surface area contributed by atoms with Gasteiger partial charge in [-0.05, 0) is 41.9 Å². The van der Waals surface area contributed by atoms with Crippen LogP contribution < -0.4 is 11.1 Å². The van der Waals surface area contributed by atoms with Gasteiger partial charge in [0.25, 0.3) is 0 Å². The molecular weight excluding hydrogens is 256 g/mol. The molecule has 2 aromatic rings. The largest absolute Gasteiger partial charge is 0.370 e. The van der Waals surface area contributed by atoms with E-state index in [2.05, 4.69) is 20.8 Å². The number of amides is 1. The van der Waals surface area contributed by atoms with Crippen molar-refractivity contribution in [1.29, 1.82) is 0 Å². The summed E-state index contributed by atoms with van der Waals surface area (Å²) in [6.45, 7) is 1.38. The molecule has 1 amide bonds. The summed E-state index contributed by atoms with van der Waals surface area (Å²) in [5.74, 6) is 0.504. The number of para-hydroxylation sites is 1. The molecule has 1 aromatic heterocycles. The third-order valence-corrected chi connectivity index (χ3v) is 2.84. The highest BCUT2D eigenvalue weighted by molar-refractivity contribution is 5.73. The van der Waals surface area contributed by atoms with E-state index in [0.717, 1.165) is 30.9 Å². The van der Waals surface area contributed by atoms with E-state index >= 15 is 0 Å². The molecule has 0 spiro atoms. The molecule has 106 valence electrons. The number of hydrogen-bond donors (Lipinski definition) is 2. The van der Waals surface area contributed by atoms with Crippen LogP contribution in [0.1, 0.15) is 25.1 Å². The number of nitrogens with one attached hydrogen (secondary N) is 1. The van der Waals surface area contributed by atoms with Crippen molar-refractivity contribution in [2.45, 2.75) is 25.8 Å². The van der Waals surface area contributed by atoms with Gasteiger partial charge in [0.1, 0.15) is 0 Å². The summed E-state index contributed by atoms with van der Waals surface area (Å²) in [6.07, 6.45) is 2.13. The van der Waals surface area contributed by atoms with Crippen LogP contribution >= 0.6 is 0 Å². The van der Waals surface area contributed by atoms with E-state index in [0.29, 0.717) is 13.0 Å². The first-order valence-electron chi connectivity index (χ1n) is 6.59. The number of nitrogens with zero attached hydrogens (tertiary/aromatic N) is 4. The Balaban J connectivity index is 1.80. The van der Waals surface area contributed by atoms with Gasteiger partial charge >= 0.3 is 0 Å². The summed E-state index contributed by atoms with van der Waals surface area (Å²) in [5.41, 5.74) is 6.01. The van der Waals surface area contributed by atoms with Gasteiger partial charge in [-0.1, -0.05) is 18.2 Å². The fourth-order valence-corrected chi connectivity index (χ4v) is 1.84. The molecule has 0 aliphatic carbocycles. The van der Waals surface area contributed by atoms with Crippen LogP contribution in [0.2, 0.25) is 0 Å². The van der Waals surface area contributed by atoms with Gasteiger partial charge in [0.15, 0.2) is 5.82 Å². The zero-order valence-corrected chi connectivity index (χ0v) is 11.2. The molecule has 0 radical (unpaired) electrons. The van der Waals surface area contributed by atoms with Crippen molar-refractivity contribution in [3.05, 3.63) is 36.2 Å². The smallest absolute Gasteiger partial charge is 0.217 e. The van der Waals surface area contributed by atoms with Gasteiger partial charge in [-0.2, -0.15) is 4.68 Å². The van der Waals surface area contributed by atoms with Gasteiger partial charge < -0.3 is 11.1 Å². The number of aromatic nitrogens is 4. The van der Waals surface area contributed by atoms with Crippen molar-refractivity contribution in [1.82, 2.24) is 25.5 Å². The number of nitrogens with two attached hydrogens (primary N) is 1. The molecule has 20 heavy (non-hydrogen) atoms. The zero-order chi connectivity index (χ0) is 14.2. The highest BCUT2D eigenvalue weighted by Gasteiger charge is 2.06. The fraction of sp³-hybridized carbons (Fsp3) is 0.385. The number of carbonyl (C=O) groups is 1. The zero-order valence-electron chi connectivity index (χ0n) is 11.2. The minimum absolute atomic E-state index is 0.252. The maximum absolute atomic E-state index is 10.6. The molecule has 0 aliphatic rings. The lowest BCUT2D eigenvalue weighted by Crippen LogP contribution is -2.19. The van der Waals surface area contributed by atoms with Gasteiger partial charge in [0, 0.05) is 6.42 Å². The lowest BCUT2D eigenvalue weighted by molar-refractivity contribution is -0.118. The van der Waals surface area contributed by atoms with E-state index in [1.807, 2.05) is 30.3 Å². The molecule has 0 atom stereocenters. The summed E-state index contributed by atoms with van der Waals surface area (Å²) in [5, 5.41) is 14.9. The summed E-state index contributed by atoms with van der Waals surface area (Å²) in [4.78, 5) is 10.6. The lowest BCUT2D eigenvalue weighted by Gasteiger charge is -2.05. The second-order valence-corrected chi connectivity index (χ2v) is 4.44. The van der Waals surface area contributed by atoms with Crippen molar-refractivity contribution in [3.63, 3.8) is 0 Å². The monoisotopic (exact) mass is 274 g/mol. The maximum Gasteiger partial charge on any atom is 0.217 e. The van der Waals surface area contributed by atoms with Crippen LogP contribution in [0.3, 0.4) is 0 Å². The van der Waals surface area contributed by atoms with Crippen LogP contribution in [0.5, 0.6) is 0 Å². The third-order valence-electron chi connectivity index (χ3n) is 2.84. The van der Waals surface area contributed by atoms with Gasteiger partial charge in [0.2, 0.25) is 5.91 Å². The Morgan fingerprint density at radius 1 is 1.25 bits per heavy atom. The number of primary amides is 1. The normalized spacial score (nSPS) is 10.6. The molecule has 7 nitrogen and oxygen atoms in total. The van der Waals surface area contributed by atoms with Gasteiger partial charge in [-0.3, -0.25) is 4.79 Å². The van der Waals surface area contributed by atoms with Crippen LogP contribution in [0.15, 0.2) is 30.3 Å². The van der Waals surface area contributed by atoms with E-state index in [-0.39, 0.29) is 5.91 Å². The molecule has 0 unspecified atom stereocenters. The first-order valence-corrected chi connectivity index (χ1v) is 6.59. The Morgan fingerprint density at radius 3 is 2.80 bits per heavy atom. The molecule has 1 heterocycles. The topological polar surface area (TPSA) is 98.7 Å². The molecule has 0 bridgehead atoms. The predicted molar refractivity (Wildman–Crippen MR) is 73.9 cm³/mol. The fourth-order valence-electron chi connectivity index (χ4n) is 1.84. The van der Waals surface area contributed by atoms with Crippen LogP contribution in [-0.2, 0) is 11.3 Å². The molecule has 0 saturated carbocycles. The van der Waals surface area contributed by atoms with Crippen molar-refractivity contribution < 1.29 is 4.79 Å². The molecule has 0 saturated heterocycles. The summed E-state index contributed by atoms with van der Waals surface area (Å²) >= 11 is 0. The highest BCUT2D eigenvalue weighted by atomic mass is 16.1. The summed E-state index contributed by atoms with van der Waals surface area (Å²) in [7, 11) is 0. The average Bonchev–Trinajstić information content (AvgIpc) is 2.92. The molecule has 1 aromatic carbocycles. The van der Waals surface area contributed by atoms with Crippen LogP contribution in [0.4, 0.5) is 0 Å². The minimum atomic E-state index is -0.252. The average molecular weight is 274 g/mol. The summed E-state index contributed by atoms with van der Waals surface area (Å²) in [6, 6.07) is 9.74. The van der Waals surface area contributed by atoms with E-state index in [4.69, 9.17) is 5.73 Å². The maximum atomic E-state index is 10.6. The van der Waals surface area contributed by atoms with Crippen molar-refractivity contribution in [2.75, 3.05) is 6.54 Å². The first kappa shape index (κ1) is 14.1. The first-order chi connectivity index (χ1) is 9.77. The number of tetrazole rings is 1. The van der Waals surface area contributed by atoms with Crippen LogP contribution in [0.25, 0.3) is 5.69 Å². The highest BCUT2D eigenvalue weighted by Crippen LogP contribution is 2.06. The molecular formula is C13H18N6O. The Bertz CT molecular complexity index is 539. The number of unbranched alkanes of at least 4 members (excludes halogenated alkanes) is 1. The summed E-state index contributed by atoms with van der Waals surface area (Å²) < 4.78 is 1.70. The Morgan fingerprint density at radius 2 is 2.05 bits per heavy atom. The van der Waals surface area contributed by atoms with Crippen LogP contribution in [-0.4, -0.2) is 32.7 Å². The Kier molecular flexibility index (Phi) is 5.19.